The maximum absolute atomic E-state index is 5.29. The topological polar surface area (TPSA) is 33.6 Å². The van der Waals surface area contributed by atoms with Gasteiger partial charge in [-0.25, -0.2) is 0 Å². The van der Waals surface area contributed by atoms with Crippen molar-refractivity contribution in [3.05, 3.63) is 37.4 Å². The van der Waals surface area contributed by atoms with Gasteiger partial charge in [-0.2, -0.15) is 7.05 Å². The van der Waals surface area contributed by atoms with E-state index in [1.807, 2.05) is 30.3 Å². The standard InChI is InChI=1S/C9H11N2O.Y/c1-10-9(11-2)12-8-6-4-3-5-7-8;/h3-7H,1H2,2H3,(H,10,11);/q-1;. The van der Waals surface area contributed by atoms with Gasteiger partial charge in [-0.15, -0.1) is 0 Å². The molecule has 3 nitrogen and oxygen atoms in total. The van der Waals surface area contributed by atoms with E-state index in [0.717, 1.165) is 5.75 Å². The van der Waals surface area contributed by atoms with Crippen molar-refractivity contribution in [3.63, 3.8) is 0 Å². The monoisotopic (exact) mass is 252 g/mol. The average molecular weight is 252 g/mol. The van der Waals surface area contributed by atoms with E-state index in [9.17, 15) is 0 Å². The van der Waals surface area contributed by atoms with Crippen LogP contribution in [0.25, 0.3) is 0 Å². The van der Waals surface area contributed by atoms with E-state index in [4.69, 9.17) is 4.74 Å². The Kier molecular flexibility index (Phi) is 6.64. The number of nitrogens with zero attached hydrogens (tertiary/aromatic N) is 1. The molecule has 1 radical (unpaired) electrons. The average Bonchev–Trinajstić information content (AvgIpc) is 2.16. The predicted octanol–water partition coefficient (Wildman–Crippen LogP) is 1.43. The number of rotatable bonds is 1. The molecule has 0 unspecified atom stereocenters. The molecule has 1 rings (SSSR count). The molecule has 1 aromatic carbocycles. The maximum atomic E-state index is 5.29. The van der Waals surface area contributed by atoms with E-state index >= 15 is 0 Å². The fourth-order valence-electron chi connectivity index (χ4n) is 0.763. The Morgan fingerprint density at radius 1 is 1.38 bits per heavy atom. The van der Waals surface area contributed by atoms with Crippen LogP contribution in [0.3, 0.4) is 0 Å². The number of benzene rings is 1. The third kappa shape index (κ3) is 4.29. The summed E-state index contributed by atoms with van der Waals surface area (Å²) in [6.45, 7) is 0. The quantitative estimate of drug-likeness (QED) is 0.466. The third-order valence-electron chi connectivity index (χ3n) is 1.32. The second-order valence-electron chi connectivity index (χ2n) is 2.13. The summed E-state index contributed by atoms with van der Waals surface area (Å²) in [5.41, 5.74) is 0. The van der Waals surface area contributed by atoms with E-state index < -0.39 is 0 Å². The van der Waals surface area contributed by atoms with Crippen LogP contribution in [0.5, 0.6) is 5.75 Å². The molecule has 0 heterocycles. The first-order chi connectivity index (χ1) is 5.86. The molecule has 0 aliphatic rings. The van der Waals surface area contributed by atoms with Gasteiger partial charge < -0.3 is 15.0 Å². The van der Waals surface area contributed by atoms with Gasteiger partial charge >= 0.3 is 0 Å². The summed E-state index contributed by atoms with van der Waals surface area (Å²) in [6.07, 6.45) is 0. The molecule has 0 saturated heterocycles. The van der Waals surface area contributed by atoms with Crippen LogP contribution in [0.2, 0.25) is 0 Å². The van der Waals surface area contributed by atoms with Gasteiger partial charge in [-0.1, -0.05) is 18.2 Å². The zero-order valence-corrected chi connectivity index (χ0v) is 10.4. The van der Waals surface area contributed by atoms with E-state index in [1.165, 1.54) is 0 Å². The molecule has 1 N–H and O–H groups in total. The first-order valence-electron chi connectivity index (χ1n) is 3.61. The van der Waals surface area contributed by atoms with Crippen LogP contribution in [-0.4, -0.2) is 13.1 Å². The predicted molar refractivity (Wildman–Crippen MR) is 48.9 cm³/mol. The molecule has 1 aromatic rings. The summed E-state index contributed by atoms with van der Waals surface area (Å²) in [6, 6.07) is 9.82. The van der Waals surface area contributed by atoms with Crippen molar-refractivity contribution in [3.8, 4) is 5.75 Å². The van der Waals surface area contributed by atoms with E-state index in [0.29, 0.717) is 6.02 Å². The van der Waals surface area contributed by atoms with Gasteiger partial charge in [0.1, 0.15) is 11.8 Å². The Balaban J connectivity index is 0.00000144. The van der Waals surface area contributed by atoms with Crippen molar-refractivity contribution in [1.29, 1.82) is 0 Å². The van der Waals surface area contributed by atoms with Crippen LogP contribution in [0.4, 0.5) is 0 Å². The summed E-state index contributed by atoms with van der Waals surface area (Å²) in [5.74, 6) is 0.745. The largest absolute Gasteiger partial charge is 0.513 e. The molecular formula is C9H11N2OY-. The zero-order chi connectivity index (χ0) is 8.81. The molecule has 0 aromatic heterocycles. The fraction of sp³-hybridized carbons (Fsp3) is 0.111. The van der Waals surface area contributed by atoms with Gasteiger partial charge in [0.25, 0.3) is 0 Å². The molecule has 4 heteroatoms. The van der Waals surface area contributed by atoms with Gasteiger partial charge in [0.2, 0.25) is 0 Å². The molecule has 67 valence electrons. The first kappa shape index (κ1) is 12.5. The van der Waals surface area contributed by atoms with Crippen molar-refractivity contribution >= 4 is 6.02 Å². The van der Waals surface area contributed by atoms with Crippen molar-refractivity contribution in [2.75, 3.05) is 7.05 Å². The van der Waals surface area contributed by atoms with E-state index in [-0.39, 0.29) is 32.7 Å². The molecular weight excluding hydrogens is 241 g/mol. The Morgan fingerprint density at radius 3 is 2.46 bits per heavy atom. The molecule has 0 aliphatic carbocycles. The van der Waals surface area contributed by atoms with Gasteiger partial charge in [0, 0.05) is 32.7 Å². The van der Waals surface area contributed by atoms with E-state index in [1.54, 1.807) is 7.05 Å². The smallest absolute Gasteiger partial charge is 0.131 e. The van der Waals surface area contributed by atoms with Crippen LogP contribution >= 0.6 is 0 Å². The molecule has 0 saturated carbocycles. The Morgan fingerprint density at radius 2 is 2.00 bits per heavy atom. The fourth-order valence-corrected chi connectivity index (χ4v) is 0.763. The SMILES string of the molecule is [CH2-]N=C(NC)Oc1ccccc1.[Y]. The molecule has 13 heavy (non-hydrogen) atoms. The van der Waals surface area contributed by atoms with Crippen LogP contribution in [-0.2, 0) is 32.7 Å². The van der Waals surface area contributed by atoms with Crippen LogP contribution in [0.1, 0.15) is 0 Å². The summed E-state index contributed by atoms with van der Waals surface area (Å²) in [5, 5.41) is 2.77. The number of ether oxygens (including phenoxy) is 1. The maximum Gasteiger partial charge on any atom is 0.131 e. The number of para-hydroxylation sites is 1. The summed E-state index contributed by atoms with van der Waals surface area (Å²) < 4.78 is 5.29. The number of hydrogen-bond donors (Lipinski definition) is 1. The number of hydrogen-bond acceptors (Lipinski definition) is 2. The minimum absolute atomic E-state index is 0. The molecule has 0 spiro atoms. The number of aliphatic imine (C=N–C) groups is 1. The third-order valence-corrected chi connectivity index (χ3v) is 1.32. The molecule has 0 amide bonds. The molecule has 0 atom stereocenters. The van der Waals surface area contributed by atoms with E-state index in [2.05, 4.69) is 17.4 Å². The summed E-state index contributed by atoms with van der Waals surface area (Å²) in [7, 11) is 5.08. The normalized spacial score (nSPS) is 10.1. The second-order valence-corrected chi connectivity index (χ2v) is 2.13. The Hall–Kier alpha value is -0.536. The second kappa shape index (κ2) is 6.92. The van der Waals surface area contributed by atoms with Crippen LogP contribution in [0.15, 0.2) is 35.3 Å². The van der Waals surface area contributed by atoms with Crippen molar-refractivity contribution in [2.45, 2.75) is 0 Å². The van der Waals surface area contributed by atoms with Gasteiger partial charge in [-0.05, 0) is 19.2 Å². The van der Waals surface area contributed by atoms with Crippen molar-refractivity contribution in [2.24, 2.45) is 4.99 Å². The Labute approximate surface area is 103 Å². The summed E-state index contributed by atoms with van der Waals surface area (Å²) in [4.78, 5) is 3.64. The molecule has 0 aliphatic heterocycles. The minimum atomic E-state index is 0. The molecule has 0 fully saturated rings. The van der Waals surface area contributed by atoms with Crippen molar-refractivity contribution < 1.29 is 37.4 Å². The van der Waals surface area contributed by atoms with Crippen LogP contribution in [0, 0.1) is 7.05 Å². The van der Waals surface area contributed by atoms with Gasteiger partial charge in [0.15, 0.2) is 0 Å². The van der Waals surface area contributed by atoms with Gasteiger partial charge in [-0.3, -0.25) is 0 Å². The van der Waals surface area contributed by atoms with Crippen LogP contribution < -0.4 is 10.1 Å². The van der Waals surface area contributed by atoms with Gasteiger partial charge in [0.05, 0.1) is 0 Å². The number of nitrogens with one attached hydrogen (secondary N) is 1. The van der Waals surface area contributed by atoms with Crippen molar-refractivity contribution in [1.82, 2.24) is 5.32 Å². The zero-order valence-electron chi connectivity index (χ0n) is 7.53. The first-order valence-corrected chi connectivity index (χ1v) is 3.61. The number of amidine groups is 1. The minimum Gasteiger partial charge on any atom is -0.513 e. The molecule has 0 bridgehead atoms. The summed E-state index contributed by atoms with van der Waals surface area (Å²) >= 11 is 0. The Bertz CT molecular complexity index is 262.